The van der Waals surface area contributed by atoms with Crippen LogP contribution in [0.5, 0.6) is 5.75 Å². The molecule has 1 saturated heterocycles. The number of hydrogen-bond donors (Lipinski definition) is 1. The number of methoxy groups -OCH3 is 1. The van der Waals surface area contributed by atoms with E-state index in [1.165, 1.54) is 0 Å². The van der Waals surface area contributed by atoms with Crippen molar-refractivity contribution in [2.24, 2.45) is 0 Å². The highest BCUT2D eigenvalue weighted by atomic mass is 16.5. The Morgan fingerprint density at radius 3 is 2.71 bits per heavy atom. The van der Waals surface area contributed by atoms with Crippen LogP contribution in [0.2, 0.25) is 0 Å². The molecule has 3 heterocycles. The summed E-state index contributed by atoms with van der Waals surface area (Å²) in [5.74, 6) is 2.12. The minimum atomic E-state index is 0.168. The van der Waals surface area contributed by atoms with Crippen LogP contribution in [0.4, 0.5) is 11.5 Å². The number of carbonyl (C=O) groups excluding carboxylic acids is 1. The van der Waals surface area contributed by atoms with Gasteiger partial charge in [0.25, 0.3) is 0 Å². The van der Waals surface area contributed by atoms with Crippen LogP contribution >= 0.6 is 0 Å². The van der Waals surface area contributed by atoms with Crippen molar-refractivity contribution in [3.8, 4) is 5.75 Å². The Bertz CT molecular complexity index is 1030. The van der Waals surface area contributed by atoms with Gasteiger partial charge in [0.2, 0.25) is 5.91 Å². The minimum Gasteiger partial charge on any atom is -0.497 e. The van der Waals surface area contributed by atoms with E-state index >= 15 is 0 Å². The molecule has 6 nitrogen and oxygen atoms in total. The average Bonchev–Trinajstić information content (AvgIpc) is 2.79. The first kappa shape index (κ1) is 20.8. The lowest BCUT2D eigenvalue weighted by atomic mass is 9.92. The molecule has 4 rings (SSSR count). The summed E-state index contributed by atoms with van der Waals surface area (Å²) in [7, 11) is 1.64. The molecule has 1 aliphatic heterocycles. The van der Waals surface area contributed by atoms with Gasteiger partial charge in [-0.15, -0.1) is 0 Å². The number of piperidine rings is 1. The van der Waals surface area contributed by atoms with Gasteiger partial charge in [-0.2, -0.15) is 0 Å². The lowest BCUT2D eigenvalue weighted by molar-refractivity contribution is -0.131. The Morgan fingerprint density at radius 1 is 1.13 bits per heavy atom. The SMILES string of the molecule is COc1cccc(CC(=O)N2CCC(c3cc(Nc4ccccn4)cc(C)n3)CC2)c1. The first-order valence-corrected chi connectivity index (χ1v) is 10.7. The molecular weight excluding hydrogens is 388 g/mol. The Balaban J connectivity index is 1.37. The Hall–Kier alpha value is -3.41. The molecule has 0 bridgehead atoms. The van der Waals surface area contributed by atoms with Crippen molar-refractivity contribution in [2.75, 3.05) is 25.5 Å². The third-order valence-corrected chi connectivity index (χ3v) is 5.67. The van der Waals surface area contributed by atoms with E-state index in [9.17, 15) is 4.79 Å². The van der Waals surface area contributed by atoms with Crippen LogP contribution in [-0.4, -0.2) is 41.0 Å². The molecule has 1 fully saturated rings. The van der Waals surface area contributed by atoms with Crippen LogP contribution in [0.25, 0.3) is 0 Å². The quantitative estimate of drug-likeness (QED) is 0.641. The fourth-order valence-corrected chi connectivity index (χ4v) is 4.05. The van der Waals surface area contributed by atoms with E-state index < -0.39 is 0 Å². The summed E-state index contributed by atoms with van der Waals surface area (Å²) in [6.45, 7) is 3.53. The number of hydrogen-bond acceptors (Lipinski definition) is 5. The number of aromatic nitrogens is 2. The predicted octanol–water partition coefficient (Wildman–Crippen LogP) is 4.49. The highest BCUT2D eigenvalue weighted by Gasteiger charge is 2.25. The molecule has 6 heteroatoms. The van der Waals surface area contributed by atoms with Gasteiger partial charge in [0.05, 0.1) is 13.5 Å². The number of benzene rings is 1. The molecule has 0 aliphatic carbocycles. The van der Waals surface area contributed by atoms with Crippen molar-refractivity contribution in [3.05, 3.63) is 77.7 Å². The summed E-state index contributed by atoms with van der Waals surface area (Å²) >= 11 is 0. The molecule has 1 aliphatic rings. The first-order valence-electron chi connectivity index (χ1n) is 10.7. The van der Waals surface area contributed by atoms with Gasteiger partial charge >= 0.3 is 0 Å². The summed E-state index contributed by atoms with van der Waals surface area (Å²) in [5, 5.41) is 3.36. The number of amides is 1. The molecule has 160 valence electrons. The maximum atomic E-state index is 12.8. The zero-order valence-corrected chi connectivity index (χ0v) is 18.0. The zero-order valence-electron chi connectivity index (χ0n) is 18.0. The number of anilines is 2. The monoisotopic (exact) mass is 416 g/mol. The number of ether oxygens (including phenoxy) is 1. The number of likely N-dealkylation sites (tertiary alicyclic amines) is 1. The lowest BCUT2D eigenvalue weighted by Gasteiger charge is -2.32. The number of pyridine rings is 2. The fourth-order valence-electron chi connectivity index (χ4n) is 4.05. The van der Waals surface area contributed by atoms with Gasteiger partial charge in [-0.25, -0.2) is 4.98 Å². The Labute approximate surface area is 183 Å². The molecular formula is C25H28N4O2. The Morgan fingerprint density at radius 2 is 1.97 bits per heavy atom. The van der Waals surface area contributed by atoms with Gasteiger partial charge in [0, 0.05) is 42.3 Å². The molecule has 0 atom stereocenters. The van der Waals surface area contributed by atoms with Crippen molar-refractivity contribution >= 4 is 17.4 Å². The smallest absolute Gasteiger partial charge is 0.226 e. The average molecular weight is 417 g/mol. The molecule has 0 saturated carbocycles. The van der Waals surface area contributed by atoms with Gasteiger partial charge in [0.1, 0.15) is 11.6 Å². The van der Waals surface area contributed by atoms with E-state index in [0.717, 1.165) is 60.1 Å². The molecule has 0 spiro atoms. The van der Waals surface area contributed by atoms with Crippen LogP contribution in [0.1, 0.15) is 35.7 Å². The minimum absolute atomic E-state index is 0.168. The van der Waals surface area contributed by atoms with Crippen LogP contribution in [0, 0.1) is 6.92 Å². The third kappa shape index (κ3) is 5.40. The van der Waals surface area contributed by atoms with Crippen molar-refractivity contribution in [1.29, 1.82) is 0 Å². The second-order valence-electron chi connectivity index (χ2n) is 7.95. The van der Waals surface area contributed by atoms with E-state index in [0.29, 0.717) is 12.3 Å². The number of aryl methyl sites for hydroxylation is 1. The summed E-state index contributed by atoms with van der Waals surface area (Å²) in [6, 6.07) is 17.7. The lowest BCUT2D eigenvalue weighted by Crippen LogP contribution is -2.39. The van der Waals surface area contributed by atoms with E-state index in [-0.39, 0.29) is 5.91 Å². The molecule has 2 aromatic heterocycles. The standard InChI is InChI=1S/C25H28N4O2/c1-18-14-21(28-24-8-3-4-11-26-24)17-23(27-18)20-9-12-29(13-10-20)25(30)16-19-6-5-7-22(15-19)31-2/h3-8,11,14-15,17,20H,9-10,12-13,16H2,1-2H3,(H,26,27,28). The second kappa shape index (κ2) is 9.60. The van der Waals surface area contributed by atoms with E-state index in [4.69, 9.17) is 9.72 Å². The first-order chi connectivity index (χ1) is 15.1. The second-order valence-corrected chi connectivity index (χ2v) is 7.95. The van der Waals surface area contributed by atoms with Crippen molar-refractivity contribution in [2.45, 2.75) is 32.1 Å². The number of nitrogens with zero attached hydrogens (tertiary/aromatic N) is 3. The molecule has 31 heavy (non-hydrogen) atoms. The van der Waals surface area contributed by atoms with Gasteiger partial charge in [0.15, 0.2) is 0 Å². The van der Waals surface area contributed by atoms with Crippen LogP contribution in [0.3, 0.4) is 0 Å². The molecule has 0 unspecified atom stereocenters. The summed E-state index contributed by atoms with van der Waals surface area (Å²) in [4.78, 5) is 23.9. The summed E-state index contributed by atoms with van der Waals surface area (Å²) in [6.07, 6.45) is 4.02. The van der Waals surface area contributed by atoms with Gasteiger partial charge < -0.3 is 15.0 Å². The number of nitrogens with one attached hydrogen (secondary N) is 1. The Kier molecular flexibility index (Phi) is 6.46. The van der Waals surface area contributed by atoms with Crippen molar-refractivity contribution in [1.82, 2.24) is 14.9 Å². The van der Waals surface area contributed by atoms with Crippen molar-refractivity contribution < 1.29 is 9.53 Å². The van der Waals surface area contributed by atoms with E-state index in [2.05, 4.69) is 16.4 Å². The van der Waals surface area contributed by atoms with Crippen LogP contribution in [-0.2, 0) is 11.2 Å². The number of rotatable bonds is 6. The van der Waals surface area contributed by atoms with Crippen molar-refractivity contribution in [3.63, 3.8) is 0 Å². The van der Waals surface area contributed by atoms with E-state index in [1.807, 2.05) is 60.4 Å². The summed E-state index contributed by atoms with van der Waals surface area (Å²) < 4.78 is 5.26. The number of carbonyl (C=O) groups is 1. The maximum absolute atomic E-state index is 12.8. The highest BCUT2D eigenvalue weighted by Crippen LogP contribution is 2.30. The van der Waals surface area contributed by atoms with E-state index in [1.54, 1.807) is 13.3 Å². The summed E-state index contributed by atoms with van der Waals surface area (Å²) in [5.41, 5.74) is 4.04. The third-order valence-electron chi connectivity index (χ3n) is 5.67. The van der Waals surface area contributed by atoms with Gasteiger partial charge in [-0.05, 0) is 61.7 Å². The molecule has 3 aromatic rings. The molecule has 1 aromatic carbocycles. The highest BCUT2D eigenvalue weighted by molar-refractivity contribution is 5.79. The maximum Gasteiger partial charge on any atom is 0.226 e. The molecule has 1 amide bonds. The zero-order chi connectivity index (χ0) is 21.6. The van der Waals surface area contributed by atoms with Crippen LogP contribution < -0.4 is 10.1 Å². The fraction of sp³-hybridized carbons (Fsp3) is 0.320. The van der Waals surface area contributed by atoms with Gasteiger partial charge in [-0.1, -0.05) is 18.2 Å². The van der Waals surface area contributed by atoms with Gasteiger partial charge in [-0.3, -0.25) is 9.78 Å². The molecule has 0 radical (unpaired) electrons. The largest absolute Gasteiger partial charge is 0.497 e. The topological polar surface area (TPSA) is 67.3 Å². The molecule has 1 N–H and O–H groups in total. The van der Waals surface area contributed by atoms with Crippen LogP contribution in [0.15, 0.2) is 60.8 Å². The normalized spacial score (nSPS) is 14.3. The predicted molar refractivity (Wildman–Crippen MR) is 122 cm³/mol.